The Morgan fingerprint density at radius 3 is 1.45 bits per heavy atom. The Balaban J connectivity index is 0.00000242. The molecule has 0 saturated carbocycles. The van der Waals surface area contributed by atoms with Crippen LogP contribution in [0.25, 0.3) is 0 Å². The molecular weight excluding hydrogens is 307 g/mol. The van der Waals surface area contributed by atoms with E-state index in [4.69, 9.17) is 0 Å². The molecule has 2 rings (SSSR count). The Morgan fingerprint density at radius 2 is 1.05 bits per heavy atom. The SMILES string of the molecule is Cc1cc(CCCc2cc(C)c(O)c(C)c2)cc(C)c1C.[V]. The number of hydrogen-bond acceptors (Lipinski definition) is 1. The number of aromatic hydroxyl groups is 1. The van der Waals surface area contributed by atoms with Gasteiger partial charge in [-0.3, -0.25) is 0 Å². The number of phenols is 1. The normalized spacial score (nSPS) is 10.4. The molecule has 2 aromatic carbocycles. The zero-order valence-electron chi connectivity index (χ0n) is 14.3. The van der Waals surface area contributed by atoms with Gasteiger partial charge in [0.2, 0.25) is 0 Å². The third-order valence-corrected chi connectivity index (χ3v) is 4.47. The summed E-state index contributed by atoms with van der Waals surface area (Å²) in [6.07, 6.45) is 3.32. The second kappa shape index (κ2) is 7.90. The molecule has 117 valence electrons. The molecule has 2 aromatic rings. The van der Waals surface area contributed by atoms with E-state index in [-0.39, 0.29) is 18.6 Å². The van der Waals surface area contributed by atoms with Crippen molar-refractivity contribution < 1.29 is 23.7 Å². The molecule has 0 aromatic heterocycles. The predicted molar refractivity (Wildman–Crippen MR) is 90.3 cm³/mol. The first kappa shape index (κ1) is 18.9. The fraction of sp³-hybridized carbons (Fsp3) is 0.400. The maximum atomic E-state index is 9.82. The topological polar surface area (TPSA) is 20.2 Å². The Hall–Kier alpha value is -1.18. The van der Waals surface area contributed by atoms with Crippen molar-refractivity contribution in [1.82, 2.24) is 0 Å². The van der Waals surface area contributed by atoms with Gasteiger partial charge in [-0.2, -0.15) is 0 Å². The minimum absolute atomic E-state index is 0. The summed E-state index contributed by atoms with van der Waals surface area (Å²) in [6, 6.07) is 8.84. The number of phenolic OH excluding ortho intramolecular Hbond substituents is 1. The van der Waals surface area contributed by atoms with Crippen LogP contribution in [0, 0.1) is 34.6 Å². The third kappa shape index (κ3) is 4.41. The van der Waals surface area contributed by atoms with Crippen molar-refractivity contribution in [3.05, 3.63) is 63.2 Å². The number of benzene rings is 2. The molecule has 0 saturated heterocycles. The van der Waals surface area contributed by atoms with E-state index in [1.807, 2.05) is 13.8 Å². The van der Waals surface area contributed by atoms with E-state index in [1.54, 1.807) is 0 Å². The third-order valence-electron chi connectivity index (χ3n) is 4.47. The molecule has 0 bridgehead atoms. The fourth-order valence-electron chi connectivity index (χ4n) is 2.96. The smallest absolute Gasteiger partial charge is 0.121 e. The minimum Gasteiger partial charge on any atom is -0.507 e. The van der Waals surface area contributed by atoms with Crippen LogP contribution in [0.1, 0.15) is 45.4 Å². The van der Waals surface area contributed by atoms with Crippen LogP contribution < -0.4 is 0 Å². The summed E-state index contributed by atoms with van der Waals surface area (Å²) in [4.78, 5) is 0. The first-order chi connectivity index (χ1) is 9.88. The Morgan fingerprint density at radius 1 is 0.682 bits per heavy atom. The number of aryl methyl sites for hydroxylation is 6. The van der Waals surface area contributed by atoms with Crippen molar-refractivity contribution >= 4 is 0 Å². The zero-order valence-corrected chi connectivity index (χ0v) is 15.7. The van der Waals surface area contributed by atoms with Gasteiger partial charge < -0.3 is 5.11 Å². The van der Waals surface area contributed by atoms with Gasteiger partial charge in [0, 0.05) is 18.6 Å². The first-order valence-corrected chi connectivity index (χ1v) is 7.74. The molecule has 1 radical (unpaired) electrons. The molecular formula is C20H26OV. The molecule has 0 fully saturated rings. The monoisotopic (exact) mass is 333 g/mol. The molecule has 0 aliphatic carbocycles. The second-order valence-corrected chi connectivity index (χ2v) is 6.29. The van der Waals surface area contributed by atoms with Crippen molar-refractivity contribution in [3.63, 3.8) is 0 Å². The molecule has 2 heteroatoms. The van der Waals surface area contributed by atoms with Gasteiger partial charge >= 0.3 is 0 Å². The summed E-state index contributed by atoms with van der Waals surface area (Å²) < 4.78 is 0. The summed E-state index contributed by atoms with van der Waals surface area (Å²) >= 11 is 0. The molecule has 0 atom stereocenters. The van der Waals surface area contributed by atoms with Crippen molar-refractivity contribution in [3.8, 4) is 5.75 Å². The Kier molecular flexibility index (Phi) is 6.77. The van der Waals surface area contributed by atoms with Crippen LogP contribution in [-0.4, -0.2) is 5.11 Å². The van der Waals surface area contributed by atoms with E-state index >= 15 is 0 Å². The van der Waals surface area contributed by atoms with Crippen LogP contribution in [0.3, 0.4) is 0 Å². The van der Waals surface area contributed by atoms with E-state index in [9.17, 15) is 5.11 Å². The molecule has 0 heterocycles. The standard InChI is InChI=1S/C20H26O.V/c1-13-9-18(10-14(2)17(13)5)7-6-8-19-11-15(3)20(21)16(4)12-19;/h9-12,21H,6-8H2,1-5H3;. The first-order valence-electron chi connectivity index (χ1n) is 7.74. The summed E-state index contributed by atoms with van der Waals surface area (Å²) in [7, 11) is 0. The van der Waals surface area contributed by atoms with Crippen LogP contribution in [0.2, 0.25) is 0 Å². The van der Waals surface area contributed by atoms with Gasteiger partial charge in [0.15, 0.2) is 0 Å². The Bertz CT molecular complexity index is 555. The quantitative estimate of drug-likeness (QED) is 0.824. The van der Waals surface area contributed by atoms with Gasteiger partial charge in [-0.1, -0.05) is 24.3 Å². The zero-order chi connectivity index (χ0) is 15.6. The van der Waals surface area contributed by atoms with Crippen molar-refractivity contribution in [1.29, 1.82) is 0 Å². The van der Waals surface area contributed by atoms with Crippen LogP contribution >= 0.6 is 0 Å². The van der Waals surface area contributed by atoms with E-state index in [0.717, 1.165) is 30.4 Å². The molecule has 22 heavy (non-hydrogen) atoms. The maximum Gasteiger partial charge on any atom is 0.121 e. The van der Waals surface area contributed by atoms with Gasteiger partial charge in [-0.25, -0.2) is 0 Å². The summed E-state index contributed by atoms with van der Waals surface area (Å²) in [5.74, 6) is 0.434. The average Bonchev–Trinajstić information content (AvgIpc) is 2.42. The van der Waals surface area contributed by atoms with Crippen molar-refractivity contribution in [2.45, 2.75) is 53.9 Å². The van der Waals surface area contributed by atoms with Crippen LogP contribution in [0.5, 0.6) is 5.75 Å². The molecule has 0 spiro atoms. The summed E-state index contributed by atoms with van der Waals surface area (Å²) in [5.41, 5.74) is 8.90. The van der Waals surface area contributed by atoms with E-state index in [2.05, 4.69) is 45.0 Å². The average molecular weight is 333 g/mol. The molecule has 0 aliphatic rings. The van der Waals surface area contributed by atoms with Crippen LogP contribution in [-0.2, 0) is 31.4 Å². The van der Waals surface area contributed by atoms with E-state index in [1.165, 1.54) is 27.8 Å². The van der Waals surface area contributed by atoms with Gasteiger partial charge in [0.05, 0.1) is 0 Å². The summed E-state index contributed by atoms with van der Waals surface area (Å²) in [5, 5.41) is 9.82. The van der Waals surface area contributed by atoms with Gasteiger partial charge in [-0.15, -0.1) is 0 Å². The largest absolute Gasteiger partial charge is 0.507 e. The molecule has 0 unspecified atom stereocenters. The maximum absolute atomic E-state index is 9.82. The summed E-state index contributed by atoms with van der Waals surface area (Å²) in [6.45, 7) is 10.5. The van der Waals surface area contributed by atoms with E-state index in [0.29, 0.717) is 5.75 Å². The molecule has 0 amide bonds. The predicted octanol–water partition coefficient (Wildman–Crippen LogP) is 5.11. The van der Waals surface area contributed by atoms with Crippen molar-refractivity contribution in [2.24, 2.45) is 0 Å². The van der Waals surface area contributed by atoms with Gasteiger partial charge in [0.25, 0.3) is 0 Å². The number of rotatable bonds is 4. The van der Waals surface area contributed by atoms with Crippen LogP contribution in [0.15, 0.2) is 24.3 Å². The van der Waals surface area contributed by atoms with E-state index < -0.39 is 0 Å². The fourth-order valence-corrected chi connectivity index (χ4v) is 2.96. The number of hydrogen-bond donors (Lipinski definition) is 1. The molecule has 1 nitrogen and oxygen atoms in total. The minimum atomic E-state index is 0. The van der Waals surface area contributed by atoms with Crippen LogP contribution in [0.4, 0.5) is 0 Å². The van der Waals surface area contributed by atoms with Gasteiger partial charge in [0.1, 0.15) is 5.75 Å². The van der Waals surface area contributed by atoms with Crippen molar-refractivity contribution in [2.75, 3.05) is 0 Å². The van der Waals surface area contributed by atoms with Gasteiger partial charge in [-0.05, 0) is 92.8 Å². The molecule has 1 N–H and O–H groups in total. The molecule has 0 aliphatic heterocycles. The Labute approximate surface area is 146 Å². The second-order valence-electron chi connectivity index (χ2n) is 6.29.